The van der Waals surface area contributed by atoms with Gasteiger partial charge >= 0.3 is 17.1 Å². The summed E-state index contributed by atoms with van der Waals surface area (Å²) < 4.78 is 0. The molecule has 0 aliphatic heterocycles. The van der Waals surface area contributed by atoms with E-state index in [1.807, 2.05) is 36.4 Å². The molecule has 1 aromatic carbocycles. The van der Waals surface area contributed by atoms with Gasteiger partial charge in [-0.15, -0.1) is 0 Å². The van der Waals surface area contributed by atoms with E-state index >= 15 is 0 Å². The predicted molar refractivity (Wildman–Crippen MR) is 46.6 cm³/mol. The predicted octanol–water partition coefficient (Wildman–Crippen LogP) is 2.97. The van der Waals surface area contributed by atoms with Crippen molar-refractivity contribution in [2.75, 3.05) is 0 Å². The Morgan fingerprint density at radius 2 is 1.27 bits per heavy atom. The van der Waals surface area contributed by atoms with Gasteiger partial charge in [0.1, 0.15) is 0 Å². The van der Waals surface area contributed by atoms with E-state index in [0.29, 0.717) is 0 Å². The third-order valence-corrected chi connectivity index (χ3v) is 1.44. The summed E-state index contributed by atoms with van der Waals surface area (Å²) in [4.78, 5) is 0. The van der Waals surface area contributed by atoms with E-state index < -0.39 is 0 Å². The first-order chi connectivity index (χ1) is 4.88. The summed E-state index contributed by atoms with van der Waals surface area (Å²) in [6, 6.07) is 8.02. The second-order valence-corrected chi connectivity index (χ2v) is 2.04. The van der Waals surface area contributed by atoms with Crippen molar-refractivity contribution in [3.63, 3.8) is 0 Å². The fraction of sp³-hybridized carbons (Fsp3) is 0. The summed E-state index contributed by atoms with van der Waals surface area (Å²) in [7, 11) is 0. The largest absolute Gasteiger partial charge is 3.00 e. The minimum Gasteiger partial charge on any atom is -0.0984 e. The molecule has 11 heavy (non-hydrogen) atoms. The number of benzene rings is 1. The van der Waals surface area contributed by atoms with Crippen LogP contribution < -0.4 is 0 Å². The van der Waals surface area contributed by atoms with E-state index in [9.17, 15) is 0 Å². The Labute approximate surface area is 78.1 Å². The van der Waals surface area contributed by atoms with Crippen molar-refractivity contribution < 1.29 is 17.1 Å². The minimum absolute atomic E-state index is 0. The molecular weight excluding hydrogens is 176 g/mol. The second-order valence-electron chi connectivity index (χ2n) is 2.04. The molecule has 0 aliphatic rings. The van der Waals surface area contributed by atoms with Crippen LogP contribution in [0.15, 0.2) is 37.4 Å². The van der Waals surface area contributed by atoms with Crippen LogP contribution in [-0.4, -0.2) is 0 Å². The van der Waals surface area contributed by atoms with Crippen LogP contribution in [0.2, 0.25) is 0 Å². The Hall–Kier alpha value is -0.781. The number of hydrogen-bond acceptors (Lipinski definition) is 0. The zero-order valence-corrected chi connectivity index (χ0v) is 7.34. The van der Waals surface area contributed by atoms with Gasteiger partial charge in [-0.1, -0.05) is 49.6 Å². The first kappa shape index (κ1) is 10.2. The van der Waals surface area contributed by atoms with Crippen molar-refractivity contribution in [3.8, 4) is 0 Å². The van der Waals surface area contributed by atoms with Crippen molar-refractivity contribution in [2.45, 2.75) is 0 Å². The summed E-state index contributed by atoms with van der Waals surface area (Å²) in [5.41, 5.74) is 2.27. The van der Waals surface area contributed by atoms with Crippen LogP contribution in [0.25, 0.3) is 12.2 Å². The molecule has 0 atom stereocenters. The van der Waals surface area contributed by atoms with Crippen LogP contribution in [0, 0.1) is 0 Å². The maximum absolute atomic E-state index is 3.69. The molecule has 0 unspecified atom stereocenters. The smallest absolute Gasteiger partial charge is 0.0984 e. The van der Waals surface area contributed by atoms with Crippen LogP contribution in [0.1, 0.15) is 11.1 Å². The molecule has 0 saturated carbocycles. The van der Waals surface area contributed by atoms with Crippen LogP contribution in [0.3, 0.4) is 0 Å². The monoisotopic (exact) mass is 186 g/mol. The van der Waals surface area contributed by atoms with Gasteiger partial charge in [0, 0.05) is 0 Å². The van der Waals surface area contributed by atoms with Gasteiger partial charge in [-0.2, -0.15) is 0 Å². The van der Waals surface area contributed by atoms with Crippen molar-refractivity contribution in [2.24, 2.45) is 0 Å². The third kappa shape index (κ3) is 2.38. The molecule has 55 valence electrons. The first-order valence-electron chi connectivity index (χ1n) is 3.22. The molecule has 1 radical (unpaired) electrons. The maximum atomic E-state index is 3.69. The molecule has 1 rings (SSSR count). The summed E-state index contributed by atoms with van der Waals surface area (Å²) in [6.07, 6.45) is 3.66. The fourth-order valence-electron chi connectivity index (χ4n) is 0.883. The van der Waals surface area contributed by atoms with Crippen LogP contribution in [0.4, 0.5) is 0 Å². The zero-order valence-electron chi connectivity index (χ0n) is 6.23. The van der Waals surface area contributed by atoms with E-state index in [1.54, 1.807) is 0 Å². The van der Waals surface area contributed by atoms with Gasteiger partial charge in [-0.3, -0.25) is 0 Å². The van der Waals surface area contributed by atoms with Gasteiger partial charge in [0.25, 0.3) is 0 Å². The Balaban J connectivity index is 0.000001000. The van der Waals surface area contributed by atoms with Crippen LogP contribution in [-0.2, 0) is 17.1 Å². The SMILES string of the molecule is C=Cc1ccccc1C=C.[Fe+3]. The molecular formula is C10H10Fe+3. The molecule has 1 heteroatoms. The summed E-state index contributed by atoms with van der Waals surface area (Å²) in [5, 5.41) is 0. The van der Waals surface area contributed by atoms with Crippen LogP contribution >= 0.6 is 0 Å². The van der Waals surface area contributed by atoms with Crippen molar-refractivity contribution >= 4 is 12.2 Å². The zero-order chi connectivity index (χ0) is 7.40. The summed E-state index contributed by atoms with van der Waals surface area (Å²) in [5.74, 6) is 0. The molecule has 0 aromatic heterocycles. The van der Waals surface area contributed by atoms with Gasteiger partial charge in [-0.05, 0) is 11.1 Å². The van der Waals surface area contributed by atoms with Gasteiger partial charge in [0.2, 0.25) is 0 Å². The molecule has 0 heterocycles. The molecule has 0 aliphatic carbocycles. The Kier molecular flexibility index (Phi) is 4.60. The molecule has 0 saturated heterocycles. The number of hydrogen-bond donors (Lipinski definition) is 0. The Bertz CT molecular complexity index is 224. The molecule has 0 fully saturated rings. The first-order valence-corrected chi connectivity index (χ1v) is 3.22. The minimum atomic E-state index is 0. The standard InChI is InChI=1S/C10H10.Fe/c1-3-9-7-5-6-8-10(9)4-2;/h3-8H,1-2H2;/q;+3. The average molecular weight is 186 g/mol. The summed E-state index contributed by atoms with van der Waals surface area (Å²) in [6.45, 7) is 7.38. The van der Waals surface area contributed by atoms with Gasteiger partial charge in [-0.25, -0.2) is 0 Å². The molecule has 0 N–H and O–H groups in total. The third-order valence-electron chi connectivity index (χ3n) is 1.44. The molecule has 1 aromatic rings. The molecule has 0 amide bonds. The Morgan fingerprint density at radius 1 is 0.909 bits per heavy atom. The van der Waals surface area contributed by atoms with Gasteiger partial charge < -0.3 is 0 Å². The van der Waals surface area contributed by atoms with E-state index in [4.69, 9.17) is 0 Å². The average Bonchev–Trinajstić information content (AvgIpc) is 2.04. The van der Waals surface area contributed by atoms with Crippen molar-refractivity contribution in [1.29, 1.82) is 0 Å². The number of rotatable bonds is 2. The van der Waals surface area contributed by atoms with Gasteiger partial charge in [0.05, 0.1) is 0 Å². The Morgan fingerprint density at radius 3 is 1.55 bits per heavy atom. The van der Waals surface area contributed by atoms with Crippen LogP contribution in [0.5, 0.6) is 0 Å². The summed E-state index contributed by atoms with van der Waals surface area (Å²) >= 11 is 0. The van der Waals surface area contributed by atoms with Gasteiger partial charge in [0.15, 0.2) is 0 Å². The maximum Gasteiger partial charge on any atom is 3.00 e. The van der Waals surface area contributed by atoms with E-state index in [0.717, 1.165) is 11.1 Å². The molecule has 0 nitrogen and oxygen atoms in total. The molecule has 0 spiro atoms. The van der Waals surface area contributed by atoms with E-state index in [-0.39, 0.29) is 17.1 Å². The normalized spacial score (nSPS) is 8.00. The fourth-order valence-corrected chi connectivity index (χ4v) is 0.883. The van der Waals surface area contributed by atoms with E-state index in [1.165, 1.54) is 0 Å². The second kappa shape index (κ2) is 4.95. The van der Waals surface area contributed by atoms with Crippen molar-refractivity contribution in [3.05, 3.63) is 48.6 Å². The quantitative estimate of drug-likeness (QED) is 0.622. The topological polar surface area (TPSA) is 0 Å². The molecule has 0 bridgehead atoms. The van der Waals surface area contributed by atoms with E-state index in [2.05, 4.69) is 13.2 Å². The van der Waals surface area contributed by atoms with Crippen molar-refractivity contribution in [1.82, 2.24) is 0 Å².